The summed E-state index contributed by atoms with van der Waals surface area (Å²) in [4.78, 5) is 5.56. The van der Waals surface area contributed by atoms with Crippen LogP contribution in [0.5, 0.6) is 0 Å². The molecule has 0 radical (unpaired) electrons. The zero-order valence-electron chi connectivity index (χ0n) is 9.84. The Morgan fingerprint density at radius 1 is 0.944 bits per heavy atom. The summed E-state index contributed by atoms with van der Waals surface area (Å²) in [6.07, 6.45) is 2.00. The molecule has 0 fully saturated rings. The minimum absolute atomic E-state index is 0.0687. The molecule has 0 spiro atoms. The first-order valence-corrected chi connectivity index (χ1v) is 5.87. The largest absolute Gasteiger partial charge is 0.399 e. The van der Waals surface area contributed by atoms with Crippen LogP contribution in [0.15, 0.2) is 60.7 Å². The Bertz CT molecular complexity index is 561. The normalized spacial score (nSPS) is 18.2. The van der Waals surface area contributed by atoms with Crippen molar-refractivity contribution in [3.63, 3.8) is 0 Å². The lowest BCUT2D eigenvalue weighted by molar-refractivity contribution is 0.0511. The fourth-order valence-corrected chi connectivity index (χ4v) is 1.97. The van der Waals surface area contributed by atoms with Gasteiger partial charge in [-0.05, 0) is 29.3 Å². The van der Waals surface area contributed by atoms with Gasteiger partial charge >= 0.3 is 0 Å². The molecule has 90 valence electrons. The van der Waals surface area contributed by atoms with Crippen LogP contribution in [0.25, 0.3) is 5.70 Å². The van der Waals surface area contributed by atoms with Gasteiger partial charge < -0.3 is 5.73 Å². The van der Waals surface area contributed by atoms with Crippen molar-refractivity contribution in [2.75, 3.05) is 5.73 Å². The third-order valence-corrected chi connectivity index (χ3v) is 2.96. The van der Waals surface area contributed by atoms with Gasteiger partial charge in [-0.3, -0.25) is 10.3 Å². The van der Waals surface area contributed by atoms with Crippen LogP contribution in [0.1, 0.15) is 17.2 Å². The Labute approximate surface area is 106 Å². The summed E-state index contributed by atoms with van der Waals surface area (Å²) in [5.41, 5.74) is 12.6. The van der Waals surface area contributed by atoms with Gasteiger partial charge in [0, 0.05) is 5.69 Å². The number of nitrogens with one attached hydrogen (secondary N) is 1. The quantitative estimate of drug-likeness (QED) is 0.791. The predicted molar refractivity (Wildman–Crippen MR) is 72.2 cm³/mol. The summed E-state index contributed by atoms with van der Waals surface area (Å²) < 4.78 is 0. The predicted octanol–water partition coefficient (Wildman–Crippen LogP) is 2.89. The number of rotatable bonds is 2. The Morgan fingerprint density at radius 2 is 1.67 bits per heavy atom. The first-order valence-electron chi connectivity index (χ1n) is 5.87. The Kier molecular flexibility index (Phi) is 2.74. The first kappa shape index (κ1) is 10.9. The van der Waals surface area contributed by atoms with Crippen molar-refractivity contribution in [1.29, 1.82) is 0 Å². The van der Waals surface area contributed by atoms with E-state index in [0.29, 0.717) is 0 Å². The molecule has 0 saturated carbocycles. The summed E-state index contributed by atoms with van der Waals surface area (Å²) in [7, 11) is 0. The van der Waals surface area contributed by atoms with E-state index in [9.17, 15) is 0 Å². The van der Waals surface area contributed by atoms with Crippen molar-refractivity contribution in [2.45, 2.75) is 6.10 Å². The van der Waals surface area contributed by atoms with Crippen molar-refractivity contribution in [3.05, 3.63) is 71.8 Å². The van der Waals surface area contributed by atoms with Crippen LogP contribution < -0.4 is 11.2 Å². The minimum atomic E-state index is -0.0687. The molecule has 1 aliphatic rings. The third kappa shape index (κ3) is 2.08. The minimum Gasteiger partial charge on any atom is -0.399 e. The van der Waals surface area contributed by atoms with E-state index in [-0.39, 0.29) is 6.10 Å². The molecule has 0 aliphatic carbocycles. The Morgan fingerprint density at radius 3 is 2.39 bits per heavy atom. The van der Waals surface area contributed by atoms with Crippen LogP contribution >= 0.6 is 0 Å². The molecule has 1 atom stereocenters. The molecule has 18 heavy (non-hydrogen) atoms. The maximum absolute atomic E-state index is 5.67. The van der Waals surface area contributed by atoms with E-state index in [1.165, 1.54) is 0 Å². The molecule has 3 rings (SSSR count). The van der Waals surface area contributed by atoms with Crippen LogP contribution in [0.4, 0.5) is 5.69 Å². The molecule has 0 bridgehead atoms. The number of hydroxylamine groups is 1. The van der Waals surface area contributed by atoms with Gasteiger partial charge in [0.25, 0.3) is 0 Å². The van der Waals surface area contributed by atoms with E-state index in [0.717, 1.165) is 22.5 Å². The monoisotopic (exact) mass is 238 g/mol. The van der Waals surface area contributed by atoms with E-state index < -0.39 is 0 Å². The van der Waals surface area contributed by atoms with Crippen LogP contribution in [-0.4, -0.2) is 0 Å². The van der Waals surface area contributed by atoms with Crippen molar-refractivity contribution < 1.29 is 4.84 Å². The molecule has 3 heteroatoms. The van der Waals surface area contributed by atoms with Gasteiger partial charge in [0.2, 0.25) is 0 Å². The summed E-state index contributed by atoms with van der Waals surface area (Å²) in [6.45, 7) is 0. The van der Waals surface area contributed by atoms with E-state index >= 15 is 0 Å². The van der Waals surface area contributed by atoms with E-state index in [1.807, 2.05) is 54.6 Å². The number of nitrogen functional groups attached to an aromatic ring is 1. The second-order valence-electron chi connectivity index (χ2n) is 4.25. The molecule has 2 aromatic rings. The second-order valence-corrected chi connectivity index (χ2v) is 4.25. The van der Waals surface area contributed by atoms with Crippen LogP contribution in [0, 0.1) is 0 Å². The number of hydrogen-bond acceptors (Lipinski definition) is 3. The van der Waals surface area contributed by atoms with Gasteiger partial charge in [0.1, 0.15) is 6.10 Å². The number of nitrogens with two attached hydrogens (primary N) is 1. The smallest absolute Gasteiger partial charge is 0.131 e. The lowest BCUT2D eigenvalue weighted by Crippen LogP contribution is -2.07. The summed E-state index contributed by atoms with van der Waals surface area (Å²) in [5, 5.41) is 0. The second kappa shape index (κ2) is 4.55. The lowest BCUT2D eigenvalue weighted by Gasteiger charge is -2.07. The number of hydrogen-bond donors (Lipinski definition) is 2. The molecular formula is C15H14N2O. The third-order valence-electron chi connectivity index (χ3n) is 2.96. The lowest BCUT2D eigenvalue weighted by atomic mass is 10.1. The zero-order chi connectivity index (χ0) is 12.4. The van der Waals surface area contributed by atoms with E-state index in [1.54, 1.807) is 0 Å². The maximum atomic E-state index is 5.67. The summed E-state index contributed by atoms with van der Waals surface area (Å²) in [6, 6.07) is 17.8. The Hall–Kier alpha value is -2.26. The van der Waals surface area contributed by atoms with Crippen molar-refractivity contribution >= 4 is 11.4 Å². The molecular weight excluding hydrogens is 224 g/mol. The topological polar surface area (TPSA) is 47.3 Å². The molecule has 3 N–H and O–H groups in total. The van der Waals surface area contributed by atoms with Crippen molar-refractivity contribution in [2.24, 2.45) is 0 Å². The fourth-order valence-electron chi connectivity index (χ4n) is 1.97. The summed E-state index contributed by atoms with van der Waals surface area (Å²) >= 11 is 0. The summed E-state index contributed by atoms with van der Waals surface area (Å²) in [5.74, 6) is 0. The van der Waals surface area contributed by atoms with Gasteiger partial charge in [0.15, 0.2) is 0 Å². The SMILES string of the molecule is Nc1ccc(C2C=C(c3ccccc3)NO2)cc1. The van der Waals surface area contributed by atoms with E-state index in [4.69, 9.17) is 10.6 Å². The van der Waals surface area contributed by atoms with Crippen LogP contribution in [0.3, 0.4) is 0 Å². The molecule has 0 amide bonds. The van der Waals surface area contributed by atoms with Crippen LogP contribution in [0.2, 0.25) is 0 Å². The molecule has 2 aromatic carbocycles. The molecule has 3 nitrogen and oxygen atoms in total. The Balaban J connectivity index is 1.85. The number of anilines is 1. The molecule has 1 unspecified atom stereocenters. The number of benzene rings is 2. The van der Waals surface area contributed by atoms with Crippen molar-refractivity contribution in [3.8, 4) is 0 Å². The van der Waals surface area contributed by atoms with Gasteiger partial charge in [-0.1, -0.05) is 42.5 Å². The fraction of sp³-hybridized carbons (Fsp3) is 0.0667. The van der Waals surface area contributed by atoms with Gasteiger partial charge in [-0.2, -0.15) is 0 Å². The highest BCUT2D eigenvalue weighted by Crippen LogP contribution is 2.28. The van der Waals surface area contributed by atoms with Gasteiger partial charge in [-0.25, -0.2) is 0 Å². The molecule has 0 aromatic heterocycles. The maximum Gasteiger partial charge on any atom is 0.131 e. The highest BCUT2D eigenvalue weighted by molar-refractivity contribution is 5.65. The average molecular weight is 238 g/mol. The molecule has 1 aliphatic heterocycles. The standard InChI is InChI=1S/C15H14N2O/c16-13-8-6-12(7-9-13)15-10-14(17-18-15)11-4-2-1-3-5-11/h1-10,15,17H,16H2. The highest BCUT2D eigenvalue weighted by atomic mass is 16.7. The first-order chi connectivity index (χ1) is 8.83. The molecule has 0 saturated heterocycles. The van der Waals surface area contributed by atoms with Crippen molar-refractivity contribution in [1.82, 2.24) is 5.48 Å². The zero-order valence-corrected chi connectivity index (χ0v) is 9.84. The van der Waals surface area contributed by atoms with E-state index in [2.05, 4.69) is 11.6 Å². The average Bonchev–Trinajstić information content (AvgIpc) is 2.90. The highest BCUT2D eigenvalue weighted by Gasteiger charge is 2.18. The van der Waals surface area contributed by atoms with Gasteiger partial charge in [-0.15, -0.1) is 0 Å². The molecule has 1 heterocycles. The van der Waals surface area contributed by atoms with Gasteiger partial charge in [0.05, 0.1) is 5.70 Å². The van der Waals surface area contributed by atoms with Crippen LogP contribution in [-0.2, 0) is 4.84 Å².